The van der Waals surface area contributed by atoms with E-state index in [4.69, 9.17) is 5.73 Å². The molecule has 4 rings (SSSR count). The summed E-state index contributed by atoms with van der Waals surface area (Å²) in [4.78, 5) is 31.7. The third-order valence-corrected chi connectivity index (χ3v) is 7.11. The molecule has 8 heteroatoms. The molecule has 4 heterocycles. The average molecular weight is 403 g/mol. The van der Waals surface area contributed by atoms with Gasteiger partial charge in [-0.2, -0.15) is 5.10 Å². The number of rotatable bonds is 5. The van der Waals surface area contributed by atoms with Crippen LogP contribution in [0, 0.1) is 0 Å². The molecular formula is C21H34N6O2. The summed E-state index contributed by atoms with van der Waals surface area (Å²) in [5.74, 6) is -0.139. The Morgan fingerprint density at radius 3 is 2.62 bits per heavy atom. The molecule has 8 nitrogen and oxygen atoms in total. The number of aromatic nitrogens is 2. The standard InChI is InChI=1S/C21H34N6O2/c1-21(20(22)29)15-25(14-16-13-23-24-19(16)21)10-7-18(28)27-11-5-17(6-12-27)26-8-3-2-4-9-26/h13,17H,2-12,14-15H2,1H3,(H2,22,29)(H,23,24). The lowest BCUT2D eigenvalue weighted by molar-refractivity contribution is -0.133. The quantitative estimate of drug-likeness (QED) is 0.760. The highest BCUT2D eigenvalue weighted by Gasteiger charge is 2.42. The highest BCUT2D eigenvalue weighted by Crippen LogP contribution is 2.32. The van der Waals surface area contributed by atoms with Crippen LogP contribution in [0.3, 0.4) is 0 Å². The molecule has 2 saturated heterocycles. The number of likely N-dealkylation sites (tertiary alicyclic amines) is 2. The van der Waals surface area contributed by atoms with E-state index in [0.717, 1.165) is 37.2 Å². The van der Waals surface area contributed by atoms with Gasteiger partial charge in [0.05, 0.1) is 11.9 Å². The molecule has 160 valence electrons. The van der Waals surface area contributed by atoms with Crippen LogP contribution in [0.4, 0.5) is 0 Å². The maximum absolute atomic E-state index is 12.8. The highest BCUT2D eigenvalue weighted by atomic mass is 16.2. The Bertz CT molecular complexity index is 735. The van der Waals surface area contributed by atoms with Gasteiger partial charge in [0, 0.05) is 50.7 Å². The molecule has 2 amide bonds. The molecule has 0 radical (unpaired) electrons. The van der Waals surface area contributed by atoms with E-state index in [1.165, 1.54) is 32.4 Å². The van der Waals surface area contributed by atoms with Crippen molar-refractivity contribution in [3.63, 3.8) is 0 Å². The molecule has 1 unspecified atom stereocenters. The molecule has 0 aromatic carbocycles. The van der Waals surface area contributed by atoms with Crippen molar-refractivity contribution in [1.82, 2.24) is 24.9 Å². The Kier molecular flexibility index (Phi) is 5.92. The third kappa shape index (κ3) is 4.19. The van der Waals surface area contributed by atoms with E-state index in [9.17, 15) is 9.59 Å². The first kappa shape index (κ1) is 20.3. The first-order valence-corrected chi connectivity index (χ1v) is 11.0. The maximum Gasteiger partial charge on any atom is 0.230 e. The summed E-state index contributed by atoms with van der Waals surface area (Å²) in [5, 5.41) is 7.03. The molecule has 3 aliphatic rings. The summed E-state index contributed by atoms with van der Waals surface area (Å²) >= 11 is 0. The third-order valence-electron chi connectivity index (χ3n) is 7.11. The zero-order valence-corrected chi connectivity index (χ0v) is 17.5. The predicted octanol–water partition coefficient (Wildman–Crippen LogP) is 0.835. The number of H-pyrrole nitrogens is 1. The normalized spacial score (nSPS) is 27.0. The van der Waals surface area contributed by atoms with Gasteiger partial charge in [0.15, 0.2) is 0 Å². The van der Waals surface area contributed by atoms with Crippen LogP contribution in [0.25, 0.3) is 0 Å². The minimum atomic E-state index is -0.792. The van der Waals surface area contributed by atoms with Crippen molar-refractivity contribution in [2.24, 2.45) is 5.73 Å². The Morgan fingerprint density at radius 2 is 1.93 bits per heavy atom. The molecular weight excluding hydrogens is 368 g/mol. The summed E-state index contributed by atoms with van der Waals surface area (Å²) in [6.45, 7) is 7.88. The predicted molar refractivity (Wildman–Crippen MR) is 110 cm³/mol. The summed E-state index contributed by atoms with van der Waals surface area (Å²) in [7, 11) is 0. The minimum absolute atomic E-state index is 0.223. The highest BCUT2D eigenvalue weighted by molar-refractivity contribution is 5.86. The van der Waals surface area contributed by atoms with Gasteiger partial charge in [-0.15, -0.1) is 0 Å². The number of amides is 2. The topological polar surface area (TPSA) is 98.6 Å². The monoisotopic (exact) mass is 402 g/mol. The fraction of sp³-hybridized carbons (Fsp3) is 0.762. The van der Waals surface area contributed by atoms with E-state index < -0.39 is 5.41 Å². The Balaban J connectivity index is 1.28. The molecule has 0 aliphatic carbocycles. The van der Waals surface area contributed by atoms with Crippen molar-refractivity contribution in [1.29, 1.82) is 0 Å². The van der Waals surface area contributed by atoms with Crippen LogP contribution in [0.2, 0.25) is 0 Å². The molecule has 0 saturated carbocycles. The van der Waals surface area contributed by atoms with Gasteiger partial charge in [0.2, 0.25) is 11.8 Å². The SMILES string of the molecule is CC1(C(N)=O)CN(CCC(=O)N2CCC(N3CCCCC3)CC2)Cc2cn[nH]c21. The van der Waals surface area contributed by atoms with E-state index in [1.807, 2.05) is 11.8 Å². The van der Waals surface area contributed by atoms with Gasteiger partial charge in [-0.1, -0.05) is 6.42 Å². The van der Waals surface area contributed by atoms with Crippen LogP contribution in [0.5, 0.6) is 0 Å². The number of nitrogens with zero attached hydrogens (tertiary/aromatic N) is 4. The number of hydrogen-bond acceptors (Lipinski definition) is 5. The number of nitrogens with one attached hydrogen (secondary N) is 1. The van der Waals surface area contributed by atoms with E-state index in [2.05, 4.69) is 20.0 Å². The maximum atomic E-state index is 12.8. The van der Waals surface area contributed by atoms with Crippen molar-refractivity contribution >= 4 is 11.8 Å². The van der Waals surface area contributed by atoms with Crippen molar-refractivity contribution in [3.8, 4) is 0 Å². The second-order valence-corrected chi connectivity index (χ2v) is 9.14. The number of nitrogens with two attached hydrogens (primary N) is 1. The van der Waals surface area contributed by atoms with Crippen molar-refractivity contribution in [2.75, 3.05) is 39.3 Å². The molecule has 1 aromatic heterocycles. The van der Waals surface area contributed by atoms with Gasteiger partial charge in [-0.05, 0) is 45.7 Å². The molecule has 3 aliphatic heterocycles. The van der Waals surface area contributed by atoms with E-state index in [1.54, 1.807) is 6.20 Å². The molecule has 29 heavy (non-hydrogen) atoms. The Labute approximate surface area is 172 Å². The van der Waals surface area contributed by atoms with Crippen LogP contribution in [0.1, 0.15) is 56.7 Å². The van der Waals surface area contributed by atoms with Crippen molar-refractivity contribution in [2.45, 2.75) is 63.5 Å². The van der Waals surface area contributed by atoms with Crippen LogP contribution in [0.15, 0.2) is 6.20 Å². The van der Waals surface area contributed by atoms with Gasteiger partial charge in [-0.3, -0.25) is 19.6 Å². The lowest BCUT2D eigenvalue weighted by Crippen LogP contribution is -2.52. The van der Waals surface area contributed by atoms with E-state index in [-0.39, 0.29) is 11.8 Å². The van der Waals surface area contributed by atoms with Crippen LogP contribution >= 0.6 is 0 Å². The van der Waals surface area contributed by atoms with Crippen LogP contribution < -0.4 is 5.73 Å². The number of primary amides is 1. The molecule has 1 aromatic rings. The summed E-state index contributed by atoms with van der Waals surface area (Å²) in [5.41, 5.74) is 6.71. The zero-order valence-electron chi connectivity index (χ0n) is 17.5. The van der Waals surface area contributed by atoms with Gasteiger partial charge in [-0.25, -0.2) is 0 Å². The smallest absolute Gasteiger partial charge is 0.230 e. The molecule has 2 fully saturated rings. The summed E-state index contributed by atoms with van der Waals surface area (Å²) < 4.78 is 0. The number of carbonyl (C=O) groups excluding carboxylic acids is 2. The minimum Gasteiger partial charge on any atom is -0.369 e. The molecule has 0 spiro atoms. The van der Waals surface area contributed by atoms with Crippen molar-refractivity contribution in [3.05, 3.63) is 17.5 Å². The summed E-state index contributed by atoms with van der Waals surface area (Å²) in [6, 6.07) is 0.650. The van der Waals surface area contributed by atoms with Gasteiger partial charge in [0.25, 0.3) is 0 Å². The molecule has 1 atom stereocenters. The fourth-order valence-corrected chi connectivity index (χ4v) is 5.27. The molecule has 3 N–H and O–H groups in total. The van der Waals surface area contributed by atoms with Gasteiger partial charge in [0.1, 0.15) is 5.41 Å². The first-order chi connectivity index (χ1) is 14.0. The Morgan fingerprint density at radius 1 is 1.21 bits per heavy atom. The van der Waals surface area contributed by atoms with Crippen LogP contribution in [-0.2, 0) is 21.5 Å². The number of hydrogen-bond donors (Lipinski definition) is 2. The van der Waals surface area contributed by atoms with Gasteiger partial charge < -0.3 is 15.5 Å². The van der Waals surface area contributed by atoms with E-state index >= 15 is 0 Å². The second-order valence-electron chi connectivity index (χ2n) is 9.14. The molecule has 0 bridgehead atoms. The lowest BCUT2D eigenvalue weighted by atomic mass is 9.80. The largest absolute Gasteiger partial charge is 0.369 e. The van der Waals surface area contributed by atoms with Crippen molar-refractivity contribution < 1.29 is 9.59 Å². The zero-order chi connectivity index (χ0) is 20.4. The fourth-order valence-electron chi connectivity index (χ4n) is 5.27. The average Bonchev–Trinajstić information content (AvgIpc) is 3.22. The number of aromatic amines is 1. The number of fused-ring (bicyclic) bond motifs is 1. The van der Waals surface area contributed by atoms with Gasteiger partial charge >= 0.3 is 0 Å². The lowest BCUT2D eigenvalue weighted by Gasteiger charge is -2.40. The first-order valence-electron chi connectivity index (χ1n) is 11.0. The number of piperidine rings is 2. The Hall–Kier alpha value is -1.93. The van der Waals surface area contributed by atoms with E-state index in [0.29, 0.717) is 32.1 Å². The summed E-state index contributed by atoms with van der Waals surface area (Å²) in [6.07, 6.45) is 8.42. The van der Waals surface area contributed by atoms with Crippen LogP contribution in [-0.4, -0.2) is 82.0 Å². The number of carbonyl (C=O) groups is 2. The second kappa shape index (κ2) is 8.44.